The molecule has 0 saturated carbocycles. The largest absolute Gasteiger partial charge is 0.399 e. The Morgan fingerprint density at radius 2 is 1.41 bits per heavy atom. The SMILES string of the molecule is CCc1ccc(C(O)c2ccc(N)cc2)cc1. The van der Waals surface area contributed by atoms with Crippen LogP contribution in [0, 0.1) is 0 Å². The van der Waals surface area contributed by atoms with Crippen LogP contribution in [0.1, 0.15) is 29.7 Å². The number of aliphatic hydroxyl groups is 1. The number of nitrogens with two attached hydrogens (primary N) is 1. The molecule has 0 aliphatic heterocycles. The molecule has 0 aliphatic carbocycles. The van der Waals surface area contributed by atoms with E-state index in [1.807, 2.05) is 24.3 Å². The maximum Gasteiger partial charge on any atom is 0.104 e. The molecule has 0 spiro atoms. The zero-order chi connectivity index (χ0) is 12.3. The summed E-state index contributed by atoms with van der Waals surface area (Å²) < 4.78 is 0. The zero-order valence-electron chi connectivity index (χ0n) is 9.93. The van der Waals surface area contributed by atoms with Crippen LogP contribution in [-0.2, 0) is 6.42 Å². The Morgan fingerprint density at radius 1 is 0.941 bits per heavy atom. The fourth-order valence-corrected chi connectivity index (χ4v) is 1.81. The summed E-state index contributed by atoms with van der Waals surface area (Å²) in [5, 5.41) is 10.2. The molecule has 1 unspecified atom stereocenters. The summed E-state index contributed by atoms with van der Waals surface area (Å²) >= 11 is 0. The van der Waals surface area contributed by atoms with Gasteiger partial charge in [0.15, 0.2) is 0 Å². The van der Waals surface area contributed by atoms with Crippen LogP contribution in [0.5, 0.6) is 0 Å². The molecule has 2 heteroatoms. The summed E-state index contributed by atoms with van der Waals surface area (Å²) in [5.41, 5.74) is 9.38. The van der Waals surface area contributed by atoms with Crippen molar-refractivity contribution in [2.45, 2.75) is 19.4 Å². The summed E-state index contributed by atoms with van der Waals surface area (Å²) in [4.78, 5) is 0. The van der Waals surface area contributed by atoms with Gasteiger partial charge in [0, 0.05) is 5.69 Å². The lowest BCUT2D eigenvalue weighted by Crippen LogP contribution is -2.00. The number of hydrogen-bond donors (Lipinski definition) is 2. The Hall–Kier alpha value is -1.80. The van der Waals surface area contributed by atoms with E-state index in [2.05, 4.69) is 19.1 Å². The molecule has 3 N–H and O–H groups in total. The second kappa shape index (κ2) is 5.02. The summed E-state index contributed by atoms with van der Waals surface area (Å²) in [5.74, 6) is 0. The predicted octanol–water partition coefficient (Wildman–Crippen LogP) is 2.91. The molecule has 0 saturated heterocycles. The van der Waals surface area contributed by atoms with E-state index in [9.17, 15) is 5.11 Å². The van der Waals surface area contributed by atoms with Crippen molar-refractivity contribution < 1.29 is 5.11 Å². The van der Waals surface area contributed by atoms with E-state index >= 15 is 0 Å². The number of anilines is 1. The third-order valence-corrected chi connectivity index (χ3v) is 2.96. The molecule has 0 amide bonds. The fourth-order valence-electron chi connectivity index (χ4n) is 1.81. The Labute approximate surface area is 102 Å². The van der Waals surface area contributed by atoms with Crippen molar-refractivity contribution in [2.75, 3.05) is 5.73 Å². The van der Waals surface area contributed by atoms with Crippen LogP contribution >= 0.6 is 0 Å². The van der Waals surface area contributed by atoms with Gasteiger partial charge in [0.25, 0.3) is 0 Å². The molecule has 2 aromatic rings. The molecule has 1 atom stereocenters. The van der Waals surface area contributed by atoms with Crippen molar-refractivity contribution in [2.24, 2.45) is 0 Å². The van der Waals surface area contributed by atoms with Gasteiger partial charge in [-0.25, -0.2) is 0 Å². The Bertz CT molecular complexity index is 473. The van der Waals surface area contributed by atoms with Gasteiger partial charge in [-0.3, -0.25) is 0 Å². The van der Waals surface area contributed by atoms with Crippen molar-refractivity contribution in [3.63, 3.8) is 0 Å². The molecule has 17 heavy (non-hydrogen) atoms. The van der Waals surface area contributed by atoms with Crippen LogP contribution in [0.25, 0.3) is 0 Å². The van der Waals surface area contributed by atoms with Crippen LogP contribution in [-0.4, -0.2) is 5.11 Å². The maximum absolute atomic E-state index is 10.2. The molecule has 2 nitrogen and oxygen atoms in total. The van der Waals surface area contributed by atoms with Gasteiger partial charge in [-0.05, 0) is 35.2 Å². The smallest absolute Gasteiger partial charge is 0.104 e. The van der Waals surface area contributed by atoms with Gasteiger partial charge >= 0.3 is 0 Å². The standard InChI is InChI=1S/C15H17NO/c1-2-11-3-5-12(6-4-11)15(17)13-7-9-14(16)10-8-13/h3-10,15,17H,2,16H2,1H3. The normalized spacial score (nSPS) is 12.4. The second-order valence-corrected chi connectivity index (χ2v) is 4.16. The molecule has 0 aliphatic rings. The van der Waals surface area contributed by atoms with Gasteiger partial charge in [-0.2, -0.15) is 0 Å². The van der Waals surface area contributed by atoms with Crippen molar-refractivity contribution in [3.8, 4) is 0 Å². The lowest BCUT2D eigenvalue weighted by atomic mass is 10.00. The van der Waals surface area contributed by atoms with Crippen LogP contribution in [0.4, 0.5) is 5.69 Å². The number of aryl methyl sites for hydroxylation is 1. The van der Waals surface area contributed by atoms with E-state index in [1.54, 1.807) is 12.1 Å². The highest BCUT2D eigenvalue weighted by atomic mass is 16.3. The molecular weight excluding hydrogens is 210 g/mol. The zero-order valence-corrected chi connectivity index (χ0v) is 9.93. The molecule has 0 aromatic heterocycles. The minimum absolute atomic E-state index is 0.582. The van der Waals surface area contributed by atoms with Crippen molar-refractivity contribution in [1.29, 1.82) is 0 Å². The first-order chi connectivity index (χ1) is 8.20. The van der Waals surface area contributed by atoms with E-state index < -0.39 is 6.10 Å². The lowest BCUT2D eigenvalue weighted by molar-refractivity contribution is 0.220. The van der Waals surface area contributed by atoms with Gasteiger partial charge in [0.05, 0.1) is 0 Å². The van der Waals surface area contributed by atoms with E-state index in [1.165, 1.54) is 5.56 Å². The predicted molar refractivity (Wildman–Crippen MR) is 70.7 cm³/mol. The summed E-state index contributed by atoms with van der Waals surface area (Å²) in [6, 6.07) is 15.4. The van der Waals surface area contributed by atoms with Crippen LogP contribution < -0.4 is 5.73 Å². The van der Waals surface area contributed by atoms with Gasteiger partial charge in [0.2, 0.25) is 0 Å². The monoisotopic (exact) mass is 227 g/mol. The molecule has 0 heterocycles. The quantitative estimate of drug-likeness (QED) is 0.792. The minimum Gasteiger partial charge on any atom is -0.399 e. The highest BCUT2D eigenvalue weighted by molar-refractivity contribution is 5.42. The van der Waals surface area contributed by atoms with Crippen LogP contribution in [0.15, 0.2) is 48.5 Å². The molecule has 0 fully saturated rings. The third kappa shape index (κ3) is 2.66. The summed E-state index contributed by atoms with van der Waals surface area (Å²) in [6.07, 6.45) is 0.430. The van der Waals surface area contributed by atoms with E-state index in [-0.39, 0.29) is 0 Å². The lowest BCUT2D eigenvalue weighted by Gasteiger charge is -2.12. The number of aliphatic hydroxyl groups excluding tert-OH is 1. The first kappa shape index (κ1) is 11.7. The molecule has 2 rings (SSSR count). The summed E-state index contributed by atoms with van der Waals surface area (Å²) in [6.45, 7) is 2.12. The molecule has 0 bridgehead atoms. The van der Waals surface area contributed by atoms with Gasteiger partial charge in [-0.15, -0.1) is 0 Å². The first-order valence-electron chi connectivity index (χ1n) is 5.83. The van der Waals surface area contributed by atoms with Crippen LogP contribution in [0.2, 0.25) is 0 Å². The molecule has 2 aromatic carbocycles. The molecule has 88 valence electrons. The highest BCUT2D eigenvalue weighted by Gasteiger charge is 2.09. The highest BCUT2D eigenvalue weighted by Crippen LogP contribution is 2.23. The Balaban J connectivity index is 2.23. The van der Waals surface area contributed by atoms with Gasteiger partial charge in [-0.1, -0.05) is 43.3 Å². The average Bonchev–Trinajstić information content (AvgIpc) is 2.39. The summed E-state index contributed by atoms with van der Waals surface area (Å²) in [7, 11) is 0. The number of rotatable bonds is 3. The van der Waals surface area contributed by atoms with Crippen molar-refractivity contribution >= 4 is 5.69 Å². The number of nitrogen functional groups attached to an aromatic ring is 1. The molecular formula is C15H17NO. The maximum atomic E-state index is 10.2. The fraction of sp³-hybridized carbons (Fsp3) is 0.200. The second-order valence-electron chi connectivity index (χ2n) is 4.16. The average molecular weight is 227 g/mol. The topological polar surface area (TPSA) is 46.2 Å². The molecule has 0 radical (unpaired) electrons. The Kier molecular flexibility index (Phi) is 3.45. The van der Waals surface area contributed by atoms with Crippen molar-refractivity contribution in [1.82, 2.24) is 0 Å². The van der Waals surface area contributed by atoms with Crippen molar-refractivity contribution in [3.05, 3.63) is 65.2 Å². The van der Waals surface area contributed by atoms with Gasteiger partial charge < -0.3 is 10.8 Å². The Morgan fingerprint density at radius 3 is 1.88 bits per heavy atom. The third-order valence-electron chi connectivity index (χ3n) is 2.96. The van der Waals surface area contributed by atoms with Gasteiger partial charge in [0.1, 0.15) is 6.10 Å². The van der Waals surface area contributed by atoms with E-state index in [0.29, 0.717) is 5.69 Å². The van der Waals surface area contributed by atoms with Crippen LogP contribution in [0.3, 0.4) is 0 Å². The first-order valence-corrected chi connectivity index (χ1v) is 5.83. The number of benzene rings is 2. The van der Waals surface area contributed by atoms with E-state index in [4.69, 9.17) is 5.73 Å². The number of hydrogen-bond acceptors (Lipinski definition) is 2. The minimum atomic E-state index is -0.582. The van der Waals surface area contributed by atoms with E-state index in [0.717, 1.165) is 17.5 Å².